The number of benzene rings is 2. The number of fused-ring (bicyclic) bond motifs is 1. The van der Waals surface area contributed by atoms with E-state index in [1.807, 2.05) is 29.9 Å². The predicted molar refractivity (Wildman–Crippen MR) is 73.7 cm³/mol. The molecule has 90 valence electrons. The van der Waals surface area contributed by atoms with Crippen molar-refractivity contribution in [3.63, 3.8) is 0 Å². The van der Waals surface area contributed by atoms with E-state index in [9.17, 15) is 0 Å². The predicted octanol–water partition coefficient (Wildman–Crippen LogP) is 3.05. The van der Waals surface area contributed by atoms with Gasteiger partial charge in [0.15, 0.2) is 0 Å². The molecule has 0 aliphatic carbocycles. The number of nitrogens with two attached hydrogens (primary N) is 1. The summed E-state index contributed by atoms with van der Waals surface area (Å²) in [6.45, 7) is 1.98. The van der Waals surface area contributed by atoms with Crippen molar-refractivity contribution < 1.29 is 0 Å². The van der Waals surface area contributed by atoms with Crippen LogP contribution >= 0.6 is 0 Å². The maximum absolute atomic E-state index is 5.85. The molecule has 18 heavy (non-hydrogen) atoms. The summed E-state index contributed by atoms with van der Waals surface area (Å²) in [7, 11) is 0. The van der Waals surface area contributed by atoms with Crippen LogP contribution in [0, 0.1) is 0 Å². The largest absolute Gasteiger partial charge is 0.324 e. The molecule has 2 aromatic carbocycles. The molecule has 0 aliphatic heterocycles. The van der Waals surface area contributed by atoms with Crippen LogP contribution in [0.25, 0.3) is 16.6 Å². The van der Waals surface area contributed by atoms with Gasteiger partial charge in [-0.2, -0.15) is 5.10 Å². The Hall–Kier alpha value is -2.13. The van der Waals surface area contributed by atoms with Crippen molar-refractivity contribution in [3.8, 4) is 5.69 Å². The molecule has 0 saturated heterocycles. The molecular formula is C15H15N3. The number of hydrogen-bond acceptors (Lipinski definition) is 2. The van der Waals surface area contributed by atoms with E-state index in [1.54, 1.807) is 0 Å². The van der Waals surface area contributed by atoms with Crippen LogP contribution in [-0.4, -0.2) is 9.78 Å². The highest BCUT2D eigenvalue weighted by atomic mass is 15.3. The Labute approximate surface area is 106 Å². The van der Waals surface area contributed by atoms with Crippen LogP contribution in [0.2, 0.25) is 0 Å². The van der Waals surface area contributed by atoms with Gasteiger partial charge in [-0.25, -0.2) is 4.68 Å². The molecule has 1 heterocycles. The Morgan fingerprint density at radius 2 is 1.78 bits per heavy atom. The van der Waals surface area contributed by atoms with Gasteiger partial charge >= 0.3 is 0 Å². The van der Waals surface area contributed by atoms with E-state index >= 15 is 0 Å². The molecule has 0 unspecified atom stereocenters. The van der Waals surface area contributed by atoms with Gasteiger partial charge in [0.1, 0.15) is 0 Å². The second-order valence-electron chi connectivity index (χ2n) is 4.50. The molecule has 0 spiro atoms. The number of aromatic nitrogens is 2. The lowest BCUT2D eigenvalue weighted by atomic mass is 10.1. The lowest BCUT2D eigenvalue weighted by molar-refractivity contribution is 0.815. The van der Waals surface area contributed by atoms with E-state index in [0.29, 0.717) is 0 Å². The van der Waals surface area contributed by atoms with Crippen LogP contribution in [0.1, 0.15) is 18.5 Å². The quantitative estimate of drug-likeness (QED) is 0.744. The van der Waals surface area contributed by atoms with Crippen molar-refractivity contribution in [1.29, 1.82) is 0 Å². The van der Waals surface area contributed by atoms with Crippen molar-refractivity contribution >= 4 is 10.9 Å². The van der Waals surface area contributed by atoms with E-state index < -0.39 is 0 Å². The van der Waals surface area contributed by atoms with Gasteiger partial charge in [0, 0.05) is 11.4 Å². The summed E-state index contributed by atoms with van der Waals surface area (Å²) in [5, 5.41) is 5.57. The summed E-state index contributed by atoms with van der Waals surface area (Å²) >= 11 is 0. The average Bonchev–Trinajstić information content (AvgIpc) is 2.82. The zero-order valence-corrected chi connectivity index (χ0v) is 10.2. The minimum absolute atomic E-state index is 0.0633. The van der Waals surface area contributed by atoms with Gasteiger partial charge in [-0.15, -0.1) is 0 Å². The van der Waals surface area contributed by atoms with Gasteiger partial charge in [0.2, 0.25) is 0 Å². The molecule has 0 aliphatic rings. The Morgan fingerprint density at radius 1 is 1.06 bits per heavy atom. The highest BCUT2D eigenvalue weighted by Crippen LogP contribution is 2.19. The van der Waals surface area contributed by atoms with Crippen molar-refractivity contribution in [2.45, 2.75) is 13.0 Å². The van der Waals surface area contributed by atoms with E-state index in [1.165, 1.54) is 0 Å². The Balaban J connectivity index is 2.09. The molecular weight excluding hydrogens is 222 g/mol. The van der Waals surface area contributed by atoms with Crippen molar-refractivity contribution in [1.82, 2.24) is 9.78 Å². The molecule has 0 saturated carbocycles. The summed E-state index contributed by atoms with van der Waals surface area (Å²) in [6.07, 6.45) is 1.88. The molecule has 0 fully saturated rings. The van der Waals surface area contributed by atoms with E-state index in [-0.39, 0.29) is 6.04 Å². The third-order valence-corrected chi connectivity index (χ3v) is 3.14. The first kappa shape index (κ1) is 11.0. The van der Waals surface area contributed by atoms with Gasteiger partial charge in [0.25, 0.3) is 0 Å². The maximum Gasteiger partial charge on any atom is 0.0741 e. The van der Waals surface area contributed by atoms with Crippen molar-refractivity contribution in [3.05, 3.63) is 60.3 Å². The summed E-state index contributed by atoms with van der Waals surface area (Å²) in [5.74, 6) is 0. The van der Waals surface area contributed by atoms with E-state index in [4.69, 9.17) is 5.73 Å². The zero-order valence-electron chi connectivity index (χ0n) is 10.2. The van der Waals surface area contributed by atoms with Crippen molar-refractivity contribution in [2.75, 3.05) is 0 Å². The molecule has 0 amide bonds. The molecule has 1 atom stereocenters. The highest BCUT2D eigenvalue weighted by molar-refractivity contribution is 5.80. The summed E-state index contributed by atoms with van der Waals surface area (Å²) in [5.41, 5.74) is 9.16. The topological polar surface area (TPSA) is 43.8 Å². The summed E-state index contributed by atoms with van der Waals surface area (Å²) in [4.78, 5) is 0. The first-order valence-corrected chi connectivity index (χ1v) is 6.04. The summed E-state index contributed by atoms with van der Waals surface area (Å²) in [6, 6.07) is 16.5. The fraction of sp³-hybridized carbons (Fsp3) is 0.133. The second kappa shape index (κ2) is 4.27. The number of hydrogen-bond donors (Lipinski definition) is 1. The van der Waals surface area contributed by atoms with Crippen molar-refractivity contribution in [2.24, 2.45) is 5.73 Å². The first-order chi connectivity index (χ1) is 8.75. The SMILES string of the molecule is C[C@@H](N)c1ccc(-n2ncc3ccccc32)cc1. The fourth-order valence-electron chi connectivity index (χ4n) is 2.10. The number of para-hydroxylation sites is 1. The molecule has 0 bridgehead atoms. The molecule has 3 rings (SSSR count). The lowest BCUT2D eigenvalue weighted by Crippen LogP contribution is -2.05. The number of nitrogens with zero attached hydrogens (tertiary/aromatic N) is 2. The van der Waals surface area contributed by atoms with Crippen LogP contribution in [-0.2, 0) is 0 Å². The monoisotopic (exact) mass is 237 g/mol. The van der Waals surface area contributed by atoms with Crippen LogP contribution < -0.4 is 5.73 Å². The Kier molecular flexibility index (Phi) is 2.61. The van der Waals surface area contributed by atoms with Gasteiger partial charge in [-0.05, 0) is 30.7 Å². The molecule has 2 N–H and O–H groups in total. The van der Waals surface area contributed by atoms with E-state index in [2.05, 4.69) is 41.5 Å². The average molecular weight is 237 g/mol. The van der Waals surface area contributed by atoms with Gasteiger partial charge < -0.3 is 5.73 Å². The maximum atomic E-state index is 5.85. The highest BCUT2D eigenvalue weighted by Gasteiger charge is 2.04. The molecule has 1 aromatic heterocycles. The summed E-state index contributed by atoms with van der Waals surface area (Å²) < 4.78 is 1.94. The number of rotatable bonds is 2. The van der Waals surface area contributed by atoms with Crippen LogP contribution in [0.5, 0.6) is 0 Å². The van der Waals surface area contributed by atoms with Crippen LogP contribution in [0.4, 0.5) is 0 Å². The van der Waals surface area contributed by atoms with Crippen LogP contribution in [0.3, 0.4) is 0 Å². The zero-order chi connectivity index (χ0) is 12.5. The van der Waals surface area contributed by atoms with Crippen LogP contribution in [0.15, 0.2) is 54.7 Å². The lowest BCUT2D eigenvalue weighted by Gasteiger charge is -2.07. The third kappa shape index (κ3) is 1.79. The smallest absolute Gasteiger partial charge is 0.0741 e. The molecule has 3 nitrogen and oxygen atoms in total. The Morgan fingerprint density at radius 3 is 2.50 bits per heavy atom. The minimum atomic E-state index is 0.0633. The first-order valence-electron chi connectivity index (χ1n) is 6.04. The molecule has 3 heteroatoms. The molecule has 0 radical (unpaired) electrons. The molecule has 3 aromatic rings. The third-order valence-electron chi connectivity index (χ3n) is 3.14. The normalized spacial score (nSPS) is 12.8. The van der Waals surface area contributed by atoms with E-state index in [0.717, 1.165) is 22.2 Å². The van der Waals surface area contributed by atoms with Gasteiger partial charge in [-0.3, -0.25) is 0 Å². The second-order valence-corrected chi connectivity index (χ2v) is 4.50. The van der Waals surface area contributed by atoms with Gasteiger partial charge in [0.05, 0.1) is 17.4 Å². The fourth-order valence-corrected chi connectivity index (χ4v) is 2.10. The minimum Gasteiger partial charge on any atom is -0.324 e. The van der Waals surface area contributed by atoms with Gasteiger partial charge in [-0.1, -0.05) is 30.3 Å². The standard InChI is InChI=1S/C15H15N3/c1-11(16)12-6-8-14(9-7-12)18-15-5-3-2-4-13(15)10-17-18/h2-11H,16H2,1H3/t11-/m1/s1. The Bertz CT molecular complexity index is 666.